The maximum Gasteiger partial charge on any atom is 0.215 e. The molecular formula is C13H22N2O5S. The normalized spacial score (nSPS) is 13.0. The summed E-state index contributed by atoms with van der Waals surface area (Å²) in [5.74, 6) is 0.254. The first-order valence-electron chi connectivity index (χ1n) is 6.55. The minimum absolute atomic E-state index is 0.0115. The van der Waals surface area contributed by atoms with Crippen LogP contribution in [0, 0.1) is 0 Å². The Morgan fingerprint density at radius 3 is 2.71 bits per heavy atom. The predicted octanol–water partition coefficient (Wildman–Crippen LogP) is -0.0356. The van der Waals surface area contributed by atoms with Crippen LogP contribution < -0.4 is 15.2 Å². The van der Waals surface area contributed by atoms with Crippen LogP contribution in [-0.2, 0) is 14.8 Å². The van der Waals surface area contributed by atoms with Crippen LogP contribution in [0.25, 0.3) is 0 Å². The molecule has 7 nitrogen and oxygen atoms in total. The summed E-state index contributed by atoms with van der Waals surface area (Å²) in [5, 5.41) is 8.89. The summed E-state index contributed by atoms with van der Waals surface area (Å²) in [7, 11) is -2.04. The Labute approximate surface area is 125 Å². The predicted molar refractivity (Wildman–Crippen MR) is 80.6 cm³/mol. The van der Waals surface area contributed by atoms with E-state index in [1.165, 1.54) is 7.11 Å². The van der Waals surface area contributed by atoms with Crippen molar-refractivity contribution in [3.05, 3.63) is 24.3 Å². The van der Waals surface area contributed by atoms with Crippen LogP contribution in [0.3, 0.4) is 0 Å². The third-order valence-electron chi connectivity index (χ3n) is 2.72. The Morgan fingerprint density at radius 1 is 1.38 bits per heavy atom. The summed E-state index contributed by atoms with van der Waals surface area (Å²) in [6.45, 7) is 0.0717. The van der Waals surface area contributed by atoms with Gasteiger partial charge in [0.1, 0.15) is 12.4 Å². The van der Waals surface area contributed by atoms with Crippen molar-refractivity contribution in [3.8, 4) is 5.75 Å². The lowest BCUT2D eigenvalue weighted by Gasteiger charge is -2.17. The van der Waals surface area contributed by atoms with Gasteiger partial charge in [-0.25, -0.2) is 13.1 Å². The summed E-state index contributed by atoms with van der Waals surface area (Å²) < 4.78 is 36.5. The molecule has 1 aromatic carbocycles. The fourth-order valence-corrected chi connectivity index (χ4v) is 2.83. The Balaban J connectivity index is 2.47. The molecule has 1 aromatic rings. The first kappa shape index (κ1) is 17.7. The largest absolute Gasteiger partial charge is 0.490 e. The fourth-order valence-electron chi connectivity index (χ4n) is 1.72. The highest BCUT2D eigenvalue weighted by Gasteiger charge is 2.17. The van der Waals surface area contributed by atoms with Crippen LogP contribution in [0.5, 0.6) is 5.75 Å². The number of methoxy groups -OCH3 is 1. The smallest absolute Gasteiger partial charge is 0.215 e. The number of para-hydroxylation sites is 2. The van der Waals surface area contributed by atoms with Crippen molar-refractivity contribution in [2.24, 2.45) is 0 Å². The van der Waals surface area contributed by atoms with E-state index in [0.29, 0.717) is 17.9 Å². The molecule has 0 aliphatic heterocycles. The molecule has 4 N–H and O–H groups in total. The van der Waals surface area contributed by atoms with Crippen molar-refractivity contribution in [1.82, 2.24) is 4.72 Å². The van der Waals surface area contributed by atoms with Gasteiger partial charge in [0, 0.05) is 19.8 Å². The molecule has 0 fully saturated rings. The monoisotopic (exact) mass is 318 g/mol. The summed E-state index contributed by atoms with van der Waals surface area (Å²) in [5.41, 5.74) is 6.15. The molecule has 0 amide bonds. The fraction of sp³-hybridized carbons (Fsp3) is 0.538. The Morgan fingerprint density at radius 2 is 2.10 bits per heavy atom. The van der Waals surface area contributed by atoms with Crippen LogP contribution in [-0.4, -0.2) is 52.2 Å². The Kier molecular flexibility index (Phi) is 7.44. The van der Waals surface area contributed by atoms with Crippen molar-refractivity contribution in [1.29, 1.82) is 0 Å². The SMILES string of the molecule is COCC(CCO)NS(=O)(=O)CCOc1ccccc1N. The third-order valence-corrected chi connectivity index (χ3v) is 4.12. The number of nitrogens with two attached hydrogens (primary N) is 1. The highest BCUT2D eigenvalue weighted by Crippen LogP contribution is 2.19. The average molecular weight is 318 g/mol. The lowest BCUT2D eigenvalue weighted by atomic mass is 10.2. The molecule has 0 saturated heterocycles. The number of hydrogen-bond donors (Lipinski definition) is 3. The maximum atomic E-state index is 11.9. The van der Waals surface area contributed by atoms with Crippen LogP contribution >= 0.6 is 0 Å². The van der Waals surface area contributed by atoms with Gasteiger partial charge in [-0.3, -0.25) is 0 Å². The molecule has 8 heteroatoms. The van der Waals surface area contributed by atoms with Crippen molar-refractivity contribution in [2.45, 2.75) is 12.5 Å². The molecule has 0 saturated carbocycles. The summed E-state index contributed by atoms with van der Waals surface area (Å²) in [4.78, 5) is 0. The molecule has 0 radical (unpaired) electrons. The number of ether oxygens (including phenoxy) is 2. The number of nitrogen functional groups attached to an aromatic ring is 1. The Hall–Kier alpha value is -1.35. The van der Waals surface area contributed by atoms with Crippen LogP contribution in [0.2, 0.25) is 0 Å². The number of nitrogens with one attached hydrogen (secondary N) is 1. The first-order chi connectivity index (χ1) is 9.98. The van der Waals surface area contributed by atoms with Crippen molar-refractivity contribution >= 4 is 15.7 Å². The minimum Gasteiger partial charge on any atom is -0.490 e. The Bertz CT molecular complexity index is 515. The summed E-state index contributed by atoms with van der Waals surface area (Å²) >= 11 is 0. The van der Waals surface area contributed by atoms with Crippen LogP contribution in [0.1, 0.15) is 6.42 Å². The zero-order valence-corrected chi connectivity index (χ0v) is 12.8. The minimum atomic E-state index is -3.52. The number of anilines is 1. The van der Waals surface area contributed by atoms with E-state index in [2.05, 4.69) is 4.72 Å². The number of aliphatic hydroxyl groups excluding tert-OH is 1. The number of sulfonamides is 1. The molecular weight excluding hydrogens is 296 g/mol. The molecule has 1 atom stereocenters. The summed E-state index contributed by atoms with van der Waals surface area (Å²) in [6, 6.07) is 6.43. The van der Waals surface area contributed by atoms with Gasteiger partial charge in [-0.1, -0.05) is 12.1 Å². The van der Waals surface area contributed by atoms with Crippen LogP contribution in [0.4, 0.5) is 5.69 Å². The molecule has 0 spiro atoms. The van der Waals surface area contributed by atoms with E-state index < -0.39 is 16.1 Å². The van der Waals surface area contributed by atoms with Crippen LogP contribution in [0.15, 0.2) is 24.3 Å². The standard InChI is InChI=1S/C13H22N2O5S/c1-19-10-11(6-7-16)15-21(17,18)9-8-20-13-5-3-2-4-12(13)14/h2-5,11,15-16H,6-10,14H2,1H3. The van der Waals surface area contributed by atoms with Crippen molar-refractivity contribution < 1.29 is 23.0 Å². The van der Waals surface area contributed by atoms with E-state index in [1.807, 2.05) is 0 Å². The van der Waals surface area contributed by atoms with Gasteiger partial charge >= 0.3 is 0 Å². The highest BCUT2D eigenvalue weighted by atomic mass is 32.2. The average Bonchev–Trinajstić information content (AvgIpc) is 2.41. The summed E-state index contributed by atoms with van der Waals surface area (Å²) in [6.07, 6.45) is 0.291. The molecule has 120 valence electrons. The quantitative estimate of drug-likeness (QED) is 0.522. The first-order valence-corrected chi connectivity index (χ1v) is 8.21. The second-order valence-electron chi connectivity index (χ2n) is 4.49. The van der Waals surface area contributed by atoms with Gasteiger partial charge in [0.05, 0.1) is 18.0 Å². The van der Waals surface area contributed by atoms with Gasteiger partial charge < -0.3 is 20.3 Å². The van der Waals surface area contributed by atoms with E-state index in [1.54, 1.807) is 24.3 Å². The van der Waals surface area contributed by atoms with Crippen molar-refractivity contribution in [2.75, 3.05) is 38.4 Å². The molecule has 21 heavy (non-hydrogen) atoms. The van der Waals surface area contributed by atoms with E-state index in [0.717, 1.165) is 0 Å². The second-order valence-corrected chi connectivity index (χ2v) is 6.36. The van der Waals surface area contributed by atoms with Gasteiger partial charge in [0.25, 0.3) is 0 Å². The number of benzene rings is 1. The van der Waals surface area contributed by atoms with Gasteiger partial charge in [0.2, 0.25) is 10.0 Å². The molecule has 0 aliphatic carbocycles. The third kappa shape index (κ3) is 6.76. The van der Waals surface area contributed by atoms with Crippen molar-refractivity contribution in [3.63, 3.8) is 0 Å². The number of rotatable bonds is 10. The van der Waals surface area contributed by atoms with Gasteiger partial charge in [-0.15, -0.1) is 0 Å². The van der Waals surface area contributed by atoms with E-state index in [4.69, 9.17) is 20.3 Å². The molecule has 1 unspecified atom stereocenters. The molecule has 0 heterocycles. The molecule has 1 rings (SSSR count). The number of aliphatic hydroxyl groups is 1. The van der Waals surface area contributed by atoms with Gasteiger partial charge in [0.15, 0.2) is 0 Å². The van der Waals surface area contributed by atoms with E-state index in [9.17, 15) is 8.42 Å². The van der Waals surface area contributed by atoms with E-state index in [-0.39, 0.29) is 25.6 Å². The number of hydrogen-bond acceptors (Lipinski definition) is 6. The van der Waals surface area contributed by atoms with Gasteiger partial charge in [-0.2, -0.15) is 0 Å². The highest BCUT2D eigenvalue weighted by molar-refractivity contribution is 7.89. The maximum absolute atomic E-state index is 11.9. The molecule has 0 aliphatic rings. The lowest BCUT2D eigenvalue weighted by molar-refractivity contribution is 0.158. The second kappa shape index (κ2) is 8.83. The van der Waals surface area contributed by atoms with Gasteiger partial charge in [-0.05, 0) is 18.6 Å². The lowest BCUT2D eigenvalue weighted by Crippen LogP contribution is -2.40. The van der Waals surface area contributed by atoms with E-state index >= 15 is 0 Å². The topological polar surface area (TPSA) is 111 Å². The zero-order chi connectivity index (χ0) is 15.7. The molecule has 0 bridgehead atoms. The molecule has 0 aromatic heterocycles. The zero-order valence-electron chi connectivity index (χ0n) is 12.0.